The summed E-state index contributed by atoms with van der Waals surface area (Å²) in [6, 6.07) is 8.92. The second-order valence-corrected chi connectivity index (χ2v) is 6.15. The maximum atomic E-state index is 11.3. The molecule has 0 amide bonds. The van der Waals surface area contributed by atoms with Crippen LogP contribution in [0.25, 0.3) is 10.2 Å². The van der Waals surface area contributed by atoms with E-state index in [2.05, 4.69) is 20.9 Å². The second kappa shape index (κ2) is 5.42. The van der Waals surface area contributed by atoms with Crippen LogP contribution in [0.5, 0.6) is 11.5 Å². The number of hydrogen-bond donors (Lipinski definition) is 0. The van der Waals surface area contributed by atoms with E-state index in [-0.39, 0.29) is 11.4 Å². The van der Waals surface area contributed by atoms with Crippen LogP contribution in [0.15, 0.2) is 40.3 Å². The molecule has 0 unspecified atom stereocenters. The molecule has 1 heterocycles. The predicted molar refractivity (Wildman–Crippen MR) is 85.2 cm³/mol. The van der Waals surface area contributed by atoms with Crippen LogP contribution in [0.1, 0.15) is 5.56 Å². The van der Waals surface area contributed by atoms with Crippen LogP contribution in [-0.2, 0) is 0 Å². The maximum Gasteiger partial charge on any atom is 0.338 e. The molecule has 3 aromatic rings. The number of aryl methyl sites for hydroxylation is 1. The molecule has 106 valence electrons. The van der Waals surface area contributed by atoms with E-state index >= 15 is 0 Å². The zero-order valence-corrected chi connectivity index (χ0v) is 13.3. The number of aromatic nitrogens is 1. The number of nitrogens with zero attached hydrogens (tertiary/aromatic N) is 2. The van der Waals surface area contributed by atoms with E-state index in [1.807, 2.05) is 19.1 Å². The minimum absolute atomic E-state index is 0.110. The first-order valence-electron chi connectivity index (χ1n) is 6.01. The number of nitro benzene ring substituents is 1. The van der Waals surface area contributed by atoms with Gasteiger partial charge < -0.3 is 4.74 Å². The summed E-state index contributed by atoms with van der Waals surface area (Å²) in [5, 5.41) is 11.3. The van der Waals surface area contributed by atoms with Crippen molar-refractivity contribution in [3.63, 3.8) is 0 Å². The van der Waals surface area contributed by atoms with E-state index in [4.69, 9.17) is 4.74 Å². The van der Waals surface area contributed by atoms with Crippen molar-refractivity contribution in [2.24, 2.45) is 0 Å². The van der Waals surface area contributed by atoms with Gasteiger partial charge in [-0.15, -0.1) is 11.3 Å². The van der Waals surface area contributed by atoms with Crippen molar-refractivity contribution in [2.45, 2.75) is 6.92 Å². The van der Waals surface area contributed by atoms with Crippen molar-refractivity contribution >= 4 is 43.2 Å². The van der Waals surface area contributed by atoms with Gasteiger partial charge in [0, 0.05) is 0 Å². The third kappa shape index (κ3) is 2.62. The number of thiazole rings is 1. The average molecular weight is 365 g/mol. The van der Waals surface area contributed by atoms with Crippen molar-refractivity contribution in [1.82, 2.24) is 4.98 Å². The van der Waals surface area contributed by atoms with Crippen molar-refractivity contribution < 1.29 is 9.66 Å². The highest BCUT2D eigenvalue weighted by Gasteiger charge is 2.23. The van der Waals surface area contributed by atoms with Gasteiger partial charge in [0.25, 0.3) is 0 Å². The highest BCUT2D eigenvalue weighted by molar-refractivity contribution is 9.10. The third-order valence-electron chi connectivity index (χ3n) is 2.93. The fourth-order valence-corrected chi connectivity index (χ4v) is 3.22. The van der Waals surface area contributed by atoms with Gasteiger partial charge in [-0.1, -0.05) is 6.07 Å². The molecule has 0 atom stereocenters. The van der Waals surface area contributed by atoms with Crippen LogP contribution in [0, 0.1) is 17.0 Å². The molecule has 0 aliphatic heterocycles. The Hall–Kier alpha value is -1.99. The molecule has 0 bridgehead atoms. The van der Waals surface area contributed by atoms with Crippen LogP contribution in [0.3, 0.4) is 0 Å². The Labute approximate surface area is 132 Å². The van der Waals surface area contributed by atoms with E-state index in [1.165, 1.54) is 11.3 Å². The average Bonchev–Trinajstić information content (AvgIpc) is 2.89. The highest BCUT2D eigenvalue weighted by Crippen LogP contribution is 2.40. The van der Waals surface area contributed by atoms with Gasteiger partial charge in [0.05, 0.1) is 19.6 Å². The number of halogens is 1. The van der Waals surface area contributed by atoms with E-state index < -0.39 is 4.92 Å². The fourth-order valence-electron chi connectivity index (χ4n) is 1.96. The summed E-state index contributed by atoms with van der Waals surface area (Å²) in [5.41, 5.74) is 2.90. The first-order valence-corrected chi connectivity index (χ1v) is 7.68. The Morgan fingerprint density at radius 3 is 2.76 bits per heavy atom. The Morgan fingerprint density at radius 2 is 2.05 bits per heavy atom. The van der Waals surface area contributed by atoms with Crippen LogP contribution >= 0.6 is 27.3 Å². The lowest BCUT2D eigenvalue weighted by Crippen LogP contribution is -1.95. The summed E-state index contributed by atoms with van der Waals surface area (Å²) in [4.78, 5) is 14.9. The highest BCUT2D eigenvalue weighted by atomic mass is 79.9. The van der Waals surface area contributed by atoms with Crippen LogP contribution in [-0.4, -0.2) is 9.91 Å². The Balaban J connectivity index is 2.11. The van der Waals surface area contributed by atoms with Gasteiger partial charge in [-0.3, -0.25) is 10.1 Å². The molecule has 0 N–H and O–H groups in total. The van der Waals surface area contributed by atoms with Crippen molar-refractivity contribution in [3.8, 4) is 11.5 Å². The second-order valence-electron chi connectivity index (χ2n) is 4.40. The Kier molecular flexibility index (Phi) is 3.60. The van der Waals surface area contributed by atoms with E-state index in [9.17, 15) is 10.1 Å². The number of ether oxygens (including phenoxy) is 1. The first kappa shape index (κ1) is 14.0. The predicted octanol–water partition coefficient (Wildman–Crippen LogP) is 5.07. The molecule has 7 heteroatoms. The molecule has 0 aliphatic carbocycles. The molecule has 0 aliphatic rings. The summed E-state index contributed by atoms with van der Waals surface area (Å²) in [7, 11) is 0. The Bertz CT molecular complexity index is 847. The number of hydrogen-bond acceptors (Lipinski definition) is 5. The number of benzene rings is 2. The van der Waals surface area contributed by atoms with Gasteiger partial charge in [-0.25, -0.2) is 4.98 Å². The monoisotopic (exact) mass is 364 g/mol. The topological polar surface area (TPSA) is 65.3 Å². The summed E-state index contributed by atoms with van der Waals surface area (Å²) < 4.78 is 7.22. The smallest absolute Gasteiger partial charge is 0.338 e. The lowest BCUT2D eigenvalue weighted by atomic mass is 10.2. The molecule has 21 heavy (non-hydrogen) atoms. The quantitative estimate of drug-likeness (QED) is 0.480. The zero-order chi connectivity index (χ0) is 15.0. The van der Waals surface area contributed by atoms with Gasteiger partial charge >= 0.3 is 5.69 Å². The largest absolute Gasteiger partial charge is 0.449 e. The molecule has 0 fully saturated rings. The van der Waals surface area contributed by atoms with Gasteiger partial charge in [-0.05, 0) is 52.7 Å². The molecule has 0 saturated heterocycles. The van der Waals surface area contributed by atoms with Crippen molar-refractivity contribution in [2.75, 3.05) is 0 Å². The van der Waals surface area contributed by atoms with E-state index in [0.29, 0.717) is 11.3 Å². The lowest BCUT2D eigenvalue weighted by molar-refractivity contribution is -0.384. The third-order valence-corrected chi connectivity index (χ3v) is 4.34. The van der Waals surface area contributed by atoms with Crippen molar-refractivity contribution in [1.29, 1.82) is 0 Å². The van der Waals surface area contributed by atoms with Gasteiger partial charge in [0.15, 0.2) is 5.52 Å². The minimum atomic E-state index is -0.459. The first-order chi connectivity index (χ1) is 10.1. The zero-order valence-electron chi connectivity index (χ0n) is 10.9. The Morgan fingerprint density at radius 1 is 1.29 bits per heavy atom. The fraction of sp³-hybridized carbons (Fsp3) is 0.0714. The molecular formula is C14H9BrN2O3S. The van der Waals surface area contributed by atoms with Gasteiger partial charge in [0.1, 0.15) is 5.75 Å². The molecule has 0 spiro atoms. The van der Waals surface area contributed by atoms with Crippen LogP contribution < -0.4 is 4.74 Å². The number of rotatable bonds is 3. The molecule has 1 aromatic heterocycles. The molecular weight excluding hydrogens is 356 g/mol. The minimum Gasteiger partial charge on any atom is -0.449 e. The maximum absolute atomic E-state index is 11.3. The number of fused-ring (bicyclic) bond motifs is 1. The van der Waals surface area contributed by atoms with Crippen molar-refractivity contribution in [3.05, 3.63) is 56.0 Å². The summed E-state index contributed by atoms with van der Waals surface area (Å²) in [6.07, 6.45) is 0. The van der Waals surface area contributed by atoms with E-state index in [1.54, 1.807) is 23.7 Å². The SMILES string of the molecule is Cc1ccc(Oc2ccc3scnc3c2[N+](=O)[O-])c(Br)c1. The summed E-state index contributed by atoms with van der Waals surface area (Å²) in [5.74, 6) is 0.709. The molecule has 3 rings (SSSR count). The van der Waals surface area contributed by atoms with Gasteiger partial charge in [-0.2, -0.15) is 0 Å². The van der Waals surface area contributed by atoms with Crippen LogP contribution in [0.2, 0.25) is 0 Å². The van der Waals surface area contributed by atoms with Gasteiger partial charge in [0.2, 0.25) is 5.75 Å². The molecule has 5 nitrogen and oxygen atoms in total. The molecule has 0 radical (unpaired) electrons. The summed E-state index contributed by atoms with van der Waals surface area (Å²) in [6.45, 7) is 1.96. The lowest BCUT2D eigenvalue weighted by Gasteiger charge is -2.09. The summed E-state index contributed by atoms with van der Waals surface area (Å²) >= 11 is 4.76. The van der Waals surface area contributed by atoms with E-state index in [0.717, 1.165) is 14.7 Å². The van der Waals surface area contributed by atoms with Crippen LogP contribution in [0.4, 0.5) is 5.69 Å². The molecule has 0 saturated carbocycles. The standard InChI is InChI=1S/C14H9BrN2O3S/c1-8-2-3-10(9(15)6-8)20-11-4-5-12-13(16-7-21-12)14(11)17(18)19/h2-7H,1H3. The normalized spacial score (nSPS) is 10.8. The molecule has 2 aromatic carbocycles. The number of nitro groups is 1.